The van der Waals surface area contributed by atoms with Crippen molar-refractivity contribution in [2.45, 2.75) is 38.6 Å². The summed E-state index contributed by atoms with van der Waals surface area (Å²) in [5, 5.41) is 3.64. The molecule has 3 aromatic carbocycles. The maximum atomic E-state index is 12.1. The van der Waals surface area contributed by atoms with Gasteiger partial charge in [0.05, 0.1) is 29.0 Å². The Morgan fingerprint density at radius 3 is 2.53 bits per heavy atom. The van der Waals surface area contributed by atoms with E-state index in [9.17, 15) is 4.79 Å². The molecule has 0 unspecified atom stereocenters. The number of fused-ring (bicyclic) bond motifs is 1. The number of carbonyl (C=O) groups is 1. The van der Waals surface area contributed by atoms with Crippen LogP contribution in [-0.4, -0.2) is 28.6 Å². The summed E-state index contributed by atoms with van der Waals surface area (Å²) in [5.41, 5.74) is 3.16. The van der Waals surface area contributed by atoms with Gasteiger partial charge in [0, 0.05) is 13.0 Å². The third-order valence-corrected chi connectivity index (χ3v) is 6.06. The summed E-state index contributed by atoms with van der Waals surface area (Å²) in [5.74, 6) is 1.84. The fraction of sp³-hybridized carbons (Fsp3) is 0.286. The second-order valence-electron chi connectivity index (χ2n) is 8.27. The summed E-state index contributed by atoms with van der Waals surface area (Å²) >= 11 is 6.21. The first kappa shape index (κ1) is 23.8. The maximum absolute atomic E-state index is 12.1. The van der Waals surface area contributed by atoms with Crippen molar-refractivity contribution in [3.8, 4) is 5.75 Å². The van der Waals surface area contributed by atoms with Crippen molar-refractivity contribution in [1.82, 2.24) is 14.9 Å². The molecular formula is C28H30ClN3O2. The number of para-hydroxylation sites is 3. The van der Waals surface area contributed by atoms with Gasteiger partial charge in [-0.3, -0.25) is 4.79 Å². The van der Waals surface area contributed by atoms with Gasteiger partial charge in [0.1, 0.15) is 18.2 Å². The molecule has 0 radical (unpaired) electrons. The molecule has 5 nitrogen and oxygen atoms in total. The van der Waals surface area contributed by atoms with Gasteiger partial charge in [0.2, 0.25) is 5.91 Å². The SMILES string of the molecule is O=C(Cc1ccccc1)NCCCCCc1nc2ccccc2n1CCOc1ccccc1Cl. The summed E-state index contributed by atoms with van der Waals surface area (Å²) in [6.45, 7) is 1.93. The lowest BCUT2D eigenvalue weighted by Gasteiger charge is -2.12. The molecule has 0 fully saturated rings. The molecule has 0 atom stereocenters. The minimum atomic E-state index is 0.0755. The Balaban J connectivity index is 1.24. The van der Waals surface area contributed by atoms with E-state index in [-0.39, 0.29) is 5.91 Å². The van der Waals surface area contributed by atoms with Crippen LogP contribution in [0.15, 0.2) is 78.9 Å². The molecule has 176 valence electrons. The topological polar surface area (TPSA) is 56.2 Å². The molecule has 6 heteroatoms. The van der Waals surface area contributed by atoms with Crippen LogP contribution in [-0.2, 0) is 24.2 Å². The van der Waals surface area contributed by atoms with Gasteiger partial charge in [-0.05, 0) is 42.7 Å². The maximum Gasteiger partial charge on any atom is 0.224 e. The summed E-state index contributed by atoms with van der Waals surface area (Å²) < 4.78 is 8.16. The van der Waals surface area contributed by atoms with E-state index in [1.165, 1.54) is 0 Å². The van der Waals surface area contributed by atoms with Crippen LogP contribution in [0.5, 0.6) is 5.75 Å². The predicted molar refractivity (Wildman–Crippen MR) is 137 cm³/mol. The molecule has 34 heavy (non-hydrogen) atoms. The molecule has 0 saturated carbocycles. The fourth-order valence-electron chi connectivity index (χ4n) is 4.03. The number of benzene rings is 3. The Hall–Kier alpha value is -3.31. The van der Waals surface area contributed by atoms with Crippen molar-refractivity contribution >= 4 is 28.5 Å². The normalized spacial score (nSPS) is 11.0. The van der Waals surface area contributed by atoms with Crippen molar-refractivity contribution < 1.29 is 9.53 Å². The van der Waals surface area contributed by atoms with Crippen LogP contribution < -0.4 is 10.1 Å². The van der Waals surface area contributed by atoms with E-state index in [4.69, 9.17) is 21.3 Å². The van der Waals surface area contributed by atoms with Gasteiger partial charge < -0.3 is 14.6 Å². The lowest BCUT2D eigenvalue weighted by Crippen LogP contribution is -2.26. The molecule has 0 aliphatic heterocycles. The van der Waals surface area contributed by atoms with Crippen LogP contribution in [0.2, 0.25) is 5.02 Å². The van der Waals surface area contributed by atoms with Gasteiger partial charge in [-0.25, -0.2) is 4.98 Å². The zero-order valence-electron chi connectivity index (χ0n) is 19.3. The van der Waals surface area contributed by atoms with E-state index in [0.717, 1.165) is 48.1 Å². The number of imidazole rings is 1. The Morgan fingerprint density at radius 2 is 1.68 bits per heavy atom. The van der Waals surface area contributed by atoms with E-state index in [1.54, 1.807) is 0 Å². The first-order valence-electron chi connectivity index (χ1n) is 11.8. The summed E-state index contributed by atoms with van der Waals surface area (Å²) in [6, 6.07) is 25.6. The van der Waals surface area contributed by atoms with Crippen LogP contribution in [0.4, 0.5) is 0 Å². The molecular weight excluding hydrogens is 446 g/mol. The number of rotatable bonds is 12. The number of unbranched alkanes of at least 4 members (excludes halogenated alkanes) is 2. The van der Waals surface area contributed by atoms with Crippen molar-refractivity contribution in [2.75, 3.05) is 13.2 Å². The number of nitrogens with one attached hydrogen (secondary N) is 1. The number of amides is 1. The average Bonchev–Trinajstić information content (AvgIpc) is 3.20. The van der Waals surface area contributed by atoms with Gasteiger partial charge in [-0.1, -0.05) is 72.6 Å². The Bertz CT molecular complexity index is 1210. The number of aryl methyl sites for hydroxylation is 1. The first-order chi connectivity index (χ1) is 16.7. The van der Waals surface area contributed by atoms with Crippen LogP contribution in [0.3, 0.4) is 0 Å². The highest BCUT2D eigenvalue weighted by molar-refractivity contribution is 6.32. The smallest absolute Gasteiger partial charge is 0.224 e. The number of hydrogen-bond acceptors (Lipinski definition) is 3. The van der Waals surface area contributed by atoms with E-state index >= 15 is 0 Å². The van der Waals surface area contributed by atoms with E-state index < -0.39 is 0 Å². The molecule has 1 N–H and O–H groups in total. The average molecular weight is 476 g/mol. The zero-order valence-corrected chi connectivity index (χ0v) is 20.0. The highest BCUT2D eigenvalue weighted by Gasteiger charge is 2.11. The summed E-state index contributed by atoms with van der Waals surface area (Å²) in [7, 11) is 0. The third kappa shape index (κ3) is 6.61. The van der Waals surface area contributed by atoms with E-state index in [0.29, 0.717) is 36.9 Å². The Labute approximate surface area is 205 Å². The Morgan fingerprint density at radius 1 is 0.912 bits per heavy atom. The third-order valence-electron chi connectivity index (χ3n) is 5.75. The lowest BCUT2D eigenvalue weighted by atomic mass is 10.1. The van der Waals surface area contributed by atoms with Crippen LogP contribution in [0.1, 0.15) is 30.7 Å². The van der Waals surface area contributed by atoms with Crippen LogP contribution in [0.25, 0.3) is 11.0 Å². The van der Waals surface area contributed by atoms with Crippen molar-refractivity contribution in [3.05, 3.63) is 95.3 Å². The summed E-state index contributed by atoms with van der Waals surface area (Å²) in [6.07, 6.45) is 4.32. The molecule has 1 amide bonds. The van der Waals surface area contributed by atoms with Gasteiger partial charge in [0.25, 0.3) is 0 Å². The Kier molecular flexibility index (Phi) is 8.58. The molecule has 4 rings (SSSR count). The quantitative estimate of drug-likeness (QED) is 0.262. The highest BCUT2D eigenvalue weighted by Crippen LogP contribution is 2.23. The number of nitrogens with zero attached hydrogens (tertiary/aromatic N) is 2. The molecule has 0 bridgehead atoms. The van der Waals surface area contributed by atoms with Crippen LogP contribution >= 0.6 is 11.6 Å². The molecule has 1 heterocycles. The molecule has 0 aliphatic rings. The number of aromatic nitrogens is 2. The molecule has 0 spiro atoms. The molecule has 0 saturated heterocycles. The second kappa shape index (κ2) is 12.2. The highest BCUT2D eigenvalue weighted by atomic mass is 35.5. The van der Waals surface area contributed by atoms with Gasteiger partial charge in [-0.15, -0.1) is 0 Å². The molecule has 4 aromatic rings. The molecule has 0 aliphatic carbocycles. The minimum absolute atomic E-state index is 0.0755. The number of hydrogen-bond donors (Lipinski definition) is 1. The van der Waals surface area contributed by atoms with Gasteiger partial charge in [0.15, 0.2) is 0 Å². The van der Waals surface area contributed by atoms with Crippen molar-refractivity contribution in [2.24, 2.45) is 0 Å². The minimum Gasteiger partial charge on any atom is -0.490 e. The first-order valence-corrected chi connectivity index (χ1v) is 12.2. The monoisotopic (exact) mass is 475 g/mol. The predicted octanol–water partition coefficient (Wildman–Crippen LogP) is 5.84. The largest absolute Gasteiger partial charge is 0.490 e. The van der Waals surface area contributed by atoms with Crippen LogP contribution in [0, 0.1) is 0 Å². The van der Waals surface area contributed by atoms with Crippen molar-refractivity contribution in [1.29, 1.82) is 0 Å². The second-order valence-corrected chi connectivity index (χ2v) is 8.68. The van der Waals surface area contributed by atoms with E-state index in [1.807, 2.05) is 72.8 Å². The lowest BCUT2D eigenvalue weighted by molar-refractivity contribution is -0.120. The number of ether oxygens (including phenoxy) is 1. The standard InChI is InChI=1S/C28H30ClN3O2/c29-23-13-6-9-16-26(23)34-20-19-32-25-15-8-7-14-24(25)31-27(32)17-5-2-10-18-30-28(33)21-22-11-3-1-4-12-22/h1,3-4,6-9,11-16H,2,5,10,17-21H2,(H,30,33). The summed E-state index contributed by atoms with van der Waals surface area (Å²) in [4.78, 5) is 17.0. The van der Waals surface area contributed by atoms with Gasteiger partial charge >= 0.3 is 0 Å². The number of carbonyl (C=O) groups excluding carboxylic acids is 1. The van der Waals surface area contributed by atoms with Crippen molar-refractivity contribution in [3.63, 3.8) is 0 Å². The fourth-order valence-corrected chi connectivity index (χ4v) is 4.22. The zero-order chi connectivity index (χ0) is 23.6. The van der Waals surface area contributed by atoms with Gasteiger partial charge in [-0.2, -0.15) is 0 Å². The molecule has 1 aromatic heterocycles. The van der Waals surface area contributed by atoms with E-state index in [2.05, 4.69) is 16.0 Å². The number of halogens is 1.